The second-order valence-corrected chi connectivity index (χ2v) is 7.90. The highest BCUT2D eigenvalue weighted by Gasteiger charge is 2.41. The van der Waals surface area contributed by atoms with Crippen LogP contribution in [-0.2, 0) is 16.0 Å². The number of methoxy groups -OCH3 is 2. The minimum atomic E-state index is -0.469. The summed E-state index contributed by atoms with van der Waals surface area (Å²) in [5.41, 5.74) is 1.65. The van der Waals surface area contributed by atoms with Crippen LogP contribution in [0.4, 0.5) is 5.69 Å². The number of hydrogen-bond acceptors (Lipinski definition) is 6. The van der Waals surface area contributed by atoms with E-state index in [0.29, 0.717) is 30.3 Å². The molecule has 0 bridgehead atoms. The normalized spacial score (nSPS) is 16.0. The number of imide groups is 1. The highest BCUT2D eigenvalue weighted by molar-refractivity contribution is 6.22. The molecule has 0 aliphatic carbocycles. The zero-order valence-corrected chi connectivity index (χ0v) is 19.3. The number of rotatable bonds is 11. The highest BCUT2D eigenvalue weighted by Crippen LogP contribution is 2.29. The largest absolute Gasteiger partial charge is 0.494 e. The standard InChI is InChI=1S/C25H32N2O5/c1-5-6-15-32-20-10-8-19(9-11-20)27-24(28)17-21(25(27)29)26(2)14-13-18-7-12-22(30-3)23(16-18)31-4/h7-12,16,21H,5-6,13-15,17H2,1-4H3/t21-/m0/s1. The maximum absolute atomic E-state index is 13.0. The number of carbonyl (C=O) groups is 2. The van der Waals surface area contributed by atoms with E-state index in [2.05, 4.69) is 6.92 Å². The first-order valence-corrected chi connectivity index (χ1v) is 11.0. The van der Waals surface area contributed by atoms with Gasteiger partial charge in [0.05, 0.1) is 39.0 Å². The summed E-state index contributed by atoms with van der Waals surface area (Å²) in [5.74, 6) is 1.72. The van der Waals surface area contributed by atoms with Crippen molar-refractivity contribution >= 4 is 17.5 Å². The van der Waals surface area contributed by atoms with Gasteiger partial charge in [0, 0.05) is 6.54 Å². The van der Waals surface area contributed by atoms with E-state index >= 15 is 0 Å². The van der Waals surface area contributed by atoms with Crippen molar-refractivity contribution in [3.8, 4) is 17.2 Å². The highest BCUT2D eigenvalue weighted by atomic mass is 16.5. The third kappa shape index (κ3) is 5.40. The van der Waals surface area contributed by atoms with Gasteiger partial charge in [-0.1, -0.05) is 19.4 Å². The Morgan fingerprint density at radius 3 is 2.41 bits per heavy atom. The van der Waals surface area contributed by atoms with Crippen LogP contribution in [0.15, 0.2) is 42.5 Å². The van der Waals surface area contributed by atoms with Crippen molar-refractivity contribution < 1.29 is 23.8 Å². The van der Waals surface area contributed by atoms with Crippen LogP contribution in [0, 0.1) is 0 Å². The average Bonchev–Trinajstić information content (AvgIpc) is 3.11. The predicted octanol–water partition coefficient (Wildman–Crippen LogP) is 3.69. The molecule has 0 spiro atoms. The lowest BCUT2D eigenvalue weighted by atomic mass is 10.1. The molecule has 0 unspecified atom stereocenters. The number of ether oxygens (including phenoxy) is 3. The number of carbonyl (C=O) groups excluding carboxylic acids is 2. The lowest BCUT2D eigenvalue weighted by Gasteiger charge is -2.23. The number of nitrogens with zero attached hydrogens (tertiary/aromatic N) is 2. The van der Waals surface area contributed by atoms with Crippen LogP contribution >= 0.6 is 0 Å². The Balaban J connectivity index is 1.61. The predicted molar refractivity (Wildman–Crippen MR) is 124 cm³/mol. The maximum Gasteiger partial charge on any atom is 0.251 e. The van der Waals surface area contributed by atoms with Crippen molar-refractivity contribution in [2.45, 2.75) is 38.6 Å². The minimum Gasteiger partial charge on any atom is -0.494 e. The van der Waals surface area contributed by atoms with Gasteiger partial charge in [0.15, 0.2) is 11.5 Å². The fourth-order valence-corrected chi connectivity index (χ4v) is 3.75. The van der Waals surface area contributed by atoms with E-state index in [4.69, 9.17) is 14.2 Å². The molecule has 1 aliphatic rings. The smallest absolute Gasteiger partial charge is 0.251 e. The van der Waals surface area contributed by atoms with Gasteiger partial charge in [0.1, 0.15) is 5.75 Å². The SMILES string of the molecule is CCCCOc1ccc(N2C(=O)C[C@H](N(C)CCc3ccc(OC)c(OC)c3)C2=O)cc1. The summed E-state index contributed by atoms with van der Waals surface area (Å²) in [6.45, 7) is 3.40. The molecule has 1 saturated heterocycles. The molecule has 2 amide bonds. The third-order valence-corrected chi connectivity index (χ3v) is 5.72. The molecule has 3 rings (SSSR count). The molecule has 0 aromatic heterocycles. The minimum absolute atomic E-state index is 0.177. The molecule has 172 valence electrons. The second-order valence-electron chi connectivity index (χ2n) is 7.90. The summed E-state index contributed by atoms with van der Waals surface area (Å²) in [7, 11) is 5.09. The van der Waals surface area contributed by atoms with Gasteiger partial charge in [-0.2, -0.15) is 0 Å². The molecule has 0 radical (unpaired) electrons. The first-order chi connectivity index (χ1) is 15.5. The average molecular weight is 441 g/mol. The van der Waals surface area contributed by atoms with Gasteiger partial charge in [-0.25, -0.2) is 4.90 Å². The van der Waals surface area contributed by atoms with Gasteiger partial charge >= 0.3 is 0 Å². The molecule has 1 atom stereocenters. The summed E-state index contributed by atoms with van der Waals surface area (Å²) in [4.78, 5) is 28.9. The van der Waals surface area contributed by atoms with Crippen LogP contribution < -0.4 is 19.1 Å². The molecule has 1 heterocycles. The quantitative estimate of drug-likeness (QED) is 0.392. The number of amides is 2. The number of benzene rings is 2. The Morgan fingerprint density at radius 2 is 1.75 bits per heavy atom. The molecule has 0 saturated carbocycles. The van der Waals surface area contributed by atoms with Crippen molar-refractivity contribution in [2.24, 2.45) is 0 Å². The Hall–Kier alpha value is -3.06. The fourth-order valence-electron chi connectivity index (χ4n) is 3.75. The number of likely N-dealkylation sites (N-methyl/N-ethyl adjacent to an activating group) is 1. The molecule has 7 nitrogen and oxygen atoms in total. The Morgan fingerprint density at radius 1 is 1.03 bits per heavy atom. The molecule has 2 aromatic rings. The van der Waals surface area contributed by atoms with Gasteiger partial charge in [0.25, 0.3) is 5.91 Å². The molecule has 1 fully saturated rings. The van der Waals surface area contributed by atoms with Crippen LogP contribution in [0.2, 0.25) is 0 Å². The van der Waals surface area contributed by atoms with Gasteiger partial charge < -0.3 is 14.2 Å². The molecule has 0 N–H and O–H groups in total. The van der Waals surface area contributed by atoms with Crippen LogP contribution in [-0.4, -0.2) is 57.2 Å². The number of anilines is 1. The second kappa shape index (κ2) is 11.0. The molecule has 32 heavy (non-hydrogen) atoms. The lowest BCUT2D eigenvalue weighted by Crippen LogP contribution is -2.40. The van der Waals surface area contributed by atoms with Gasteiger partial charge in [-0.05, 0) is 61.9 Å². The van der Waals surface area contributed by atoms with Crippen molar-refractivity contribution in [3.63, 3.8) is 0 Å². The zero-order valence-electron chi connectivity index (χ0n) is 19.3. The van der Waals surface area contributed by atoms with Crippen molar-refractivity contribution in [1.82, 2.24) is 4.90 Å². The Labute approximate surface area is 189 Å². The van der Waals surface area contributed by atoms with Crippen LogP contribution in [0.5, 0.6) is 17.2 Å². The topological polar surface area (TPSA) is 68.3 Å². The maximum atomic E-state index is 13.0. The van der Waals surface area contributed by atoms with Gasteiger partial charge in [-0.3, -0.25) is 14.5 Å². The van der Waals surface area contributed by atoms with Crippen molar-refractivity contribution in [1.29, 1.82) is 0 Å². The molecular weight excluding hydrogens is 408 g/mol. The van der Waals surface area contributed by atoms with Crippen molar-refractivity contribution in [2.75, 3.05) is 39.3 Å². The first-order valence-electron chi connectivity index (χ1n) is 11.0. The summed E-state index contributed by atoms with van der Waals surface area (Å²) in [6.07, 6.45) is 2.95. The summed E-state index contributed by atoms with van der Waals surface area (Å²) in [6, 6.07) is 12.5. The molecule has 2 aromatic carbocycles. The fraction of sp³-hybridized carbons (Fsp3) is 0.440. The Bertz CT molecular complexity index is 928. The molecule has 1 aliphatic heterocycles. The number of unbranched alkanes of at least 4 members (excludes halogenated alkanes) is 1. The van der Waals surface area contributed by atoms with E-state index in [0.717, 1.165) is 30.6 Å². The van der Waals surface area contributed by atoms with E-state index in [1.807, 2.05) is 30.1 Å². The van der Waals surface area contributed by atoms with Crippen LogP contribution in [0.25, 0.3) is 0 Å². The lowest BCUT2D eigenvalue weighted by molar-refractivity contribution is -0.122. The Kier molecular flexibility index (Phi) is 8.11. The van der Waals surface area contributed by atoms with E-state index in [9.17, 15) is 9.59 Å². The molecule has 7 heteroatoms. The van der Waals surface area contributed by atoms with E-state index in [-0.39, 0.29) is 18.2 Å². The van der Waals surface area contributed by atoms with Crippen LogP contribution in [0.3, 0.4) is 0 Å². The van der Waals surface area contributed by atoms with Crippen LogP contribution in [0.1, 0.15) is 31.7 Å². The van der Waals surface area contributed by atoms with E-state index < -0.39 is 6.04 Å². The monoisotopic (exact) mass is 440 g/mol. The summed E-state index contributed by atoms with van der Waals surface area (Å²) < 4.78 is 16.3. The van der Waals surface area contributed by atoms with Gasteiger partial charge in [-0.15, -0.1) is 0 Å². The number of hydrogen-bond donors (Lipinski definition) is 0. The summed E-state index contributed by atoms with van der Waals surface area (Å²) >= 11 is 0. The molecular formula is C25H32N2O5. The van der Waals surface area contributed by atoms with E-state index in [1.165, 1.54) is 4.90 Å². The van der Waals surface area contributed by atoms with Crippen molar-refractivity contribution in [3.05, 3.63) is 48.0 Å². The first kappa shape index (κ1) is 23.6. The summed E-state index contributed by atoms with van der Waals surface area (Å²) in [5, 5.41) is 0. The third-order valence-electron chi connectivity index (χ3n) is 5.72. The van der Waals surface area contributed by atoms with Gasteiger partial charge in [0.2, 0.25) is 5.91 Å². The van der Waals surface area contributed by atoms with E-state index in [1.54, 1.807) is 38.5 Å². The zero-order chi connectivity index (χ0) is 23.1.